The third-order valence-corrected chi connectivity index (χ3v) is 6.18. The minimum absolute atomic E-state index is 0.0156. The Bertz CT molecular complexity index is 1230. The summed E-state index contributed by atoms with van der Waals surface area (Å²) in [5, 5.41) is 3.34. The molecule has 28 heavy (non-hydrogen) atoms. The van der Waals surface area contributed by atoms with Crippen molar-refractivity contribution in [2.45, 2.75) is 31.7 Å². The standard InChI is InChI=1S/C18H18ClFN4O3S/c1-4-28(26,27)12-5-6-15(14(20)8-12)22-18-21-9-11-7-13(19)17(25)24(10(2)3)16(11)23-18/h5-10H,4H2,1-3H3,(H,21,22,23). The molecule has 7 nitrogen and oxygen atoms in total. The van der Waals surface area contributed by atoms with E-state index < -0.39 is 15.7 Å². The van der Waals surface area contributed by atoms with E-state index in [1.807, 2.05) is 13.8 Å². The van der Waals surface area contributed by atoms with Gasteiger partial charge >= 0.3 is 0 Å². The highest BCUT2D eigenvalue weighted by Gasteiger charge is 2.16. The SMILES string of the molecule is CCS(=O)(=O)c1ccc(Nc2ncc3cc(Cl)c(=O)n(C(C)C)c3n2)c(F)c1. The fraction of sp³-hybridized carbons (Fsp3) is 0.278. The highest BCUT2D eigenvalue weighted by atomic mass is 35.5. The maximum Gasteiger partial charge on any atom is 0.271 e. The number of sulfone groups is 1. The fourth-order valence-corrected chi connectivity index (χ4v) is 3.80. The van der Waals surface area contributed by atoms with Crippen molar-refractivity contribution >= 4 is 44.1 Å². The summed E-state index contributed by atoms with van der Waals surface area (Å²) in [7, 11) is -3.51. The lowest BCUT2D eigenvalue weighted by Gasteiger charge is -2.14. The lowest BCUT2D eigenvalue weighted by Crippen LogP contribution is -2.23. The molecule has 3 rings (SSSR count). The van der Waals surface area contributed by atoms with E-state index in [9.17, 15) is 17.6 Å². The Hall–Kier alpha value is -2.52. The number of rotatable bonds is 5. The molecule has 0 aliphatic rings. The van der Waals surface area contributed by atoms with E-state index in [1.54, 1.807) is 0 Å². The first-order valence-corrected chi connectivity index (χ1v) is 10.5. The van der Waals surface area contributed by atoms with E-state index >= 15 is 0 Å². The normalized spacial score (nSPS) is 11.9. The smallest absolute Gasteiger partial charge is 0.271 e. The van der Waals surface area contributed by atoms with Gasteiger partial charge in [-0.2, -0.15) is 4.98 Å². The van der Waals surface area contributed by atoms with Crippen LogP contribution in [0.15, 0.2) is 40.2 Å². The quantitative estimate of drug-likeness (QED) is 0.671. The second kappa shape index (κ2) is 7.48. The number of nitrogens with one attached hydrogen (secondary N) is 1. The molecule has 148 valence electrons. The van der Waals surface area contributed by atoms with Crippen molar-refractivity contribution in [3.63, 3.8) is 0 Å². The summed E-state index contributed by atoms with van der Waals surface area (Å²) in [5.74, 6) is -0.813. The van der Waals surface area contributed by atoms with Crippen LogP contribution < -0.4 is 10.9 Å². The topological polar surface area (TPSA) is 94.0 Å². The van der Waals surface area contributed by atoms with Gasteiger partial charge in [-0.05, 0) is 38.1 Å². The molecule has 0 fully saturated rings. The molecule has 2 heterocycles. The number of benzene rings is 1. The van der Waals surface area contributed by atoms with Gasteiger partial charge in [0.05, 0.1) is 16.3 Å². The van der Waals surface area contributed by atoms with Crippen molar-refractivity contribution in [2.75, 3.05) is 11.1 Å². The number of pyridine rings is 1. The molecule has 0 saturated heterocycles. The maximum absolute atomic E-state index is 14.4. The number of fused-ring (bicyclic) bond motifs is 1. The fourth-order valence-electron chi connectivity index (χ4n) is 2.70. The van der Waals surface area contributed by atoms with Gasteiger partial charge in [-0.15, -0.1) is 0 Å². The van der Waals surface area contributed by atoms with Crippen LogP contribution in [-0.4, -0.2) is 28.7 Å². The number of nitrogens with zero attached hydrogens (tertiary/aromatic N) is 3. The van der Waals surface area contributed by atoms with Crippen LogP contribution >= 0.6 is 11.6 Å². The van der Waals surface area contributed by atoms with Gasteiger partial charge in [0, 0.05) is 17.6 Å². The molecule has 0 spiro atoms. The molecule has 0 saturated carbocycles. The summed E-state index contributed by atoms with van der Waals surface area (Å²) in [6.45, 7) is 5.13. The molecule has 0 aliphatic carbocycles. The molecule has 3 aromatic rings. The van der Waals surface area contributed by atoms with Crippen LogP contribution in [-0.2, 0) is 9.84 Å². The zero-order valence-electron chi connectivity index (χ0n) is 15.4. The van der Waals surface area contributed by atoms with Crippen LogP contribution in [0.5, 0.6) is 0 Å². The molecule has 0 atom stereocenters. The monoisotopic (exact) mass is 424 g/mol. The molecule has 2 aromatic heterocycles. The Morgan fingerprint density at radius 2 is 2.00 bits per heavy atom. The van der Waals surface area contributed by atoms with Gasteiger partial charge < -0.3 is 5.32 Å². The summed E-state index contributed by atoms with van der Waals surface area (Å²) < 4.78 is 39.6. The van der Waals surface area contributed by atoms with Gasteiger partial charge in [0.15, 0.2) is 9.84 Å². The molecule has 1 aromatic carbocycles. The van der Waals surface area contributed by atoms with Crippen LogP contribution in [0.2, 0.25) is 5.02 Å². The Morgan fingerprint density at radius 1 is 1.29 bits per heavy atom. The molecular weight excluding hydrogens is 407 g/mol. The Balaban J connectivity index is 2.05. The van der Waals surface area contributed by atoms with Crippen molar-refractivity contribution < 1.29 is 12.8 Å². The summed E-state index contributed by atoms with van der Waals surface area (Å²) >= 11 is 5.99. The van der Waals surface area contributed by atoms with Crippen LogP contribution in [0.3, 0.4) is 0 Å². The molecule has 1 N–H and O–H groups in total. The number of hydrogen-bond donors (Lipinski definition) is 1. The van der Waals surface area contributed by atoms with Gasteiger partial charge in [-0.25, -0.2) is 17.8 Å². The predicted octanol–water partition coefficient (Wildman–Crippen LogP) is 3.70. The lowest BCUT2D eigenvalue weighted by molar-refractivity contribution is 0.592. The molecular formula is C18H18ClFN4O3S. The summed E-state index contributed by atoms with van der Waals surface area (Å²) in [5.41, 5.74) is -0.0107. The van der Waals surface area contributed by atoms with Gasteiger partial charge in [0.25, 0.3) is 5.56 Å². The molecule has 0 aliphatic heterocycles. The Morgan fingerprint density at radius 3 is 2.61 bits per heavy atom. The van der Waals surface area contributed by atoms with Gasteiger partial charge in [-0.3, -0.25) is 9.36 Å². The molecule has 0 radical (unpaired) electrons. The second-order valence-electron chi connectivity index (χ2n) is 6.40. The average molecular weight is 425 g/mol. The van der Waals surface area contributed by atoms with Crippen molar-refractivity contribution in [2.24, 2.45) is 0 Å². The first kappa shape index (κ1) is 20.2. The molecule has 10 heteroatoms. The molecule has 0 unspecified atom stereocenters. The van der Waals surface area contributed by atoms with E-state index in [0.717, 1.165) is 6.07 Å². The molecule has 0 amide bonds. The minimum Gasteiger partial charge on any atom is -0.322 e. The third-order valence-electron chi connectivity index (χ3n) is 4.17. The summed E-state index contributed by atoms with van der Waals surface area (Å²) in [4.78, 5) is 20.7. The first-order chi connectivity index (χ1) is 13.1. The van der Waals surface area contributed by atoms with E-state index in [1.165, 1.54) is 35.9 Å². The van der Waals surface area contributed by atoms with Crippen molar-refractivity contribution in [3.05, 3.63) is 51.7 Å². The van der Waals surface area contributed by atoms with Crippen LogP contribution in [0.25, 0.3) is 11.0 Å². The van der Waals surface area contributed by atoms with Gasteiger partial charge in [0.1, 0.15) is 16.5 Å². The van der Waals surface area contributed by atoms with E-state index in [-0.39, 0.29) is 38.9 Å². The number of aromatic nitrogens is 3. The average Bonchev–Trinajstić information content (AvgIpc) is 2.64. The van der Waals surface area contributed by atoms with E-state index in [0.29, 0.717) is 11.0 Å². The molecule has 0 bridgehead atoms. The van der Waals surface area contributed by atoms with E-state index in [4.69, 9.17) is 11.6 Å². The second-order valence-corrected chi connectivity index (χ2v) is 9.09. The lowest BCUT2D eigenvalue weighted by atomic mass is 10.3. The zero-order valence-corrected chi connectivity index (χ0v) is 17.0. The highest BCUT2D eigenvalue weighted by molar-refractivity contribution is 7.91. The van der Waals surface area contributed by atoms with Crippen molar-refractivity contribution in [1.29, 1.82) is 0 Å². The van der Waals surface area contributed by atoms with Gasteiger partial charge in [-0.1, -0.05) is 18.5 Å². The summed E-state index contributed by atoms with van der Waals surface area (Å²) in [6.07, 6.45) is 1.47. The van der Waals surface area contributed by atoms with Crippen molar-refractivity contribution in [1.82, 2.24) is 14.5 Å². The highest BCUT2D eigenvalue weighted by Crippen LogP contribution is 2.24. The largest absolute Gasteiger partial charge is 0.322 e. The number of halogens is 2. The summed E-state index contributed by atoms with van der Waals surface area (Å²) in [6, 6.07) is 4.85. The Kier molecular flexibility index (Phi) is 5.40. The van der Waals surface area contributed by atoms with Gasteiger partial charge in [0.2, 0.25) is 5.95 Å². The first-order valence-electron chi connectivity index (χ1n) is 8.51. The predicted molar refractivity (Wildman–Crippen MR) is 107 cm³/mol. The maximum atomic E-state index is 14.4. The number of anilines is 2. The zero-order chi connectivity index (χ0) is 20.6. The third kappa shape index (κ3) is 3.72. The van der Waals surface area contributed by atoms with Crippen LogP contribution in [0, 0.1) is 5.82 Å². The Labute approximate surface area is 166 Å². The van der Waals surface area contributed by atoms with Crippen LogP contribution in [0.1, 0.15) is 26.8 Å². The van der Waals surface area contributed by atoms with E-state index in [2.05, 4.69) is 15.3 Å². The minimum atomic E-state index is -3.51. The number of hydrogen-bond acceptors (Lipinski definition) is 6. The van der Waals surface area contributed by atoms with Crippen molar-refractivity contribution in [3.8, 4) is 0 Å². The van der Waals surface area contributed by atoms with Crippen LogP contribution in [0.4, 0.5) is 16.0 Å².